The molecule has 8 nitrogen and oxygen atoms in total. The average molecular weight is 467 g/mol. The molecule has 3 heterocycles. The normalized spacial score (nSPS) is 14.7. The van der Waals surface area contributed by atoms with E-state index < -0.39 is 5.54 Å². The molecule has 1 saturated heterocycles. The largest absolute Gasteiger partial charge is 0.369 e. The smallest absolute Gasteiger partial charge is 0.227 e. The van der Waals surface area contributed by atoms with Crippen LogP contribution in [0.2, 0.25) is 0 Å². The summed E-state index contributed by atoms with van der Waals surface area (Å²) in [7, 11) is 0. The van der Waals surface area contributed by atoms with E-state index in [1.807, 2.05) is 56.6 Å². The van der Waals surface area contributed by atoms with Crippen LogP contribution in [0.1, 0.15) is 20.8 Å². The zero-order valence-electron chi connectivity index (χ0n) is 20.4. The van der Waals surface area contributed by atoms with Gasteiger partial charge >= 0.3 is 0 Å². The standard InChI is InChI=1S/C27H30N8/c1-4-33-13-15-34(16-14-33)22-9-6-8-21(17-22)30-26-29-18-20-7-5-10-23(25(20)31-26)24-11-12-35(32-24)27(2,3)19-28/h5-12,17-18H,4,13-16H2,1-3H3,(H,29,30,31). The highest BCUT2D eigenvalue weighted by Gasteiger charge is 2.21. The fourth-order valence-corrected chi connectivity index (χ4v) is 4.38. The van der Waals surface area contributed by atoms with Crippen molar-refractivity contribution in [1.82, 2.24) is 24.6 Å². The van der Waals surface area contributed by atoms with Gasteiger partial charge in [0.2, 0.25) is 5.95 Å². The van der Waals surface area contributed by atoms with E-state index in [1.54, 1.807) is 4.68 Å². The van der Waals surface area contributed by atoms with Gasteiger partial charge in [-0.2, -0.15) is 10.4 Å². The number of rotatable bonds is 6. The second kappa shape index (κ2) is 9.35. The highest BCUT2D eigenvalue weighted by atomic mass is 15.3. The highest BCUT2D eigenvalue weighted by Crippen LogP contribution is 2.29. The van der Waals surface area contributed by atoms with E-state index in [0.717, 1.165) is 60.6 Å². The second-order valence-corrected chi connectivity index (χ2v) is 9.35. The summed E-state index contributed by atoms with van der Waals surface area (Å²) in [4.78, 5) is 14.3. The van der Waals surface area contributed by atoms with E-state index >= 15 is 0 Å². The van der Waals surface area contributed by atoms with Gasteiger partial charge in [0.15, 0.2) is 0 Å². The zero-order valence-corrected chi connectivity index (χ0v) is 20.4. The number of hydrogen-bond acceptors (Lipinski definition) is 7. The van der Waals surface area contributed by atoms with Crippen LogP contribution in [0.15, 0.2) is 60.9 Å². The summed E-state index contributed by atoms with van der Waals surface area (Å²) < 4.78 is 1.69. The van der Waals surface area contributed by atoms with Crippen LogP contribution in [0.25, 0.3) is 22.2 Å². The lowest BCUT2D eigenvalue weighted by Crippen LogP contribution is -2.46. The van der Waals surface area contributed by atoms with Crippen LogP contribution < -0.4 is 10.2 Å². The summed E-state index contributed by atoms with van der Waals surface area (Å²) in [6.07, 6.45) is 3.67. The molecule has 0 aliphatic carbocycles. The third kappa shape index (κ3) is 4.68. The predicted molar refractivity (Wildman–Crippen MR) is 140 cm³/mol. The summed E-state index contributed by atoms with van der Waals surface area (Å²) in [5, 5.41) is 18.4. The summed E-state index contributed by atoms with van der Waals surface area (Å²) in [5.74, 6) is 0.537. The number of para-hydroxylation sites is 1. The highest BCUT2D eigenvalue weighted by molar-refractivity contribution is 5.92. The Labute approximate surface area is 205 Å². The molecule has 1 aliphatic rings. The maximum Gasteiger partial charge on any atom is 0.227 e. The number of aromatic nitrogens is 4. The minimum Gasteiger partial charge on any atom is -0.369 e. The lowest BCUT2D eigenvalue weighted by atomic mass is 10.1. The lowest BCUT2D eigenvalue weighted by molar-refractivity contribution is 0.271. The minimum absolute atomic E-state index is 0.537. The van der Waals surface area contributed by atoms with Gasteiger partial charge in [-0.15, -0.1) is 0 Å². The quantitative estimate of drug-likeness (QED) is 0.443. The first-order valence-corrected chi connectivity index (χ1v) is 12.0. The Morgan fingerprint density at radius 3 is 2.63 bits per heavy atom. The van der Waals surface area contributed by atoms with Crippen LogP contribution in [0.3, 0.4) is 0 Å². The molecule has 178 valence electrons. The third-order valence-electron chi connectivity index (χ3n) is 6.61. The molecule has 4 aromatic rings. The number of hydrogen-bond donors (Lipinski definition) is 1. The molecule has 0 amide bonds. The van der Waals surface area contributed by atoms with E-state index in [0.29, 0.717) is 5.95 Å². The van der Waals surface area contributed by atoms with Crippen molar-refractivity contribution in [2.45, 2.75) is 26.3 Å². The SMILES string of the molecule is CCN1CCN(c2cccc(Nc3ncc4cccc(-c5ccn(C(C)(C)C#N)n5)c4n3)c2)CC1. The molecular formula is C27H30N8. The molecule has 0 spiro atoms. The molecule has 1 fully saturated rings. The van der Waals surface area contributed by atoms with Crippen LogP contribution in [0.4, 0.5) is 17.3 Å². The summed E-state index contributed by atoms with van der Waals surface area (Å²) in [6.45, 7) is 11.2. The van der Waals surface area contributed by atoms with E-state index in [2.05, 4.69) is 56.4 Å². The maximum absolute atomic E-state index is 9.46. The molecule has 5 rings (SSSR count). The summed E-state index contributed by atoms with van der Waals surface area (Å²) >= 11 is 0. The molecule has 1 N–H and O–H groups in total. The second-order valence-electron chi connectivity index (χ2n) is 9.35. The van der Waals surface area contributed by atoms with Crippen molar-refractivity contribution in [2.24, 2.45) is 0 Å². The zero-order chi connectivity index (χ0) is 24.4. The van der Waals surface area contributed by atoms with Gasteiger partial charge in [-0.3, -0.25) is 4.68 Å². The molecule has 2 aromatic heterocycles. The summed E-state index contributed by atoms with van der Waals surface area (Å²) in [6, 6.07) is 18.6. The third-order valence-corrected chi connectivity index (χ3v) is 6.61. The molecular weight excluding hydrogens is 436 g/mol. The molecule has 0 bridgehead atoms. The van der Waals surface area contributed by atoms with Crippen LogP contribution in [0, 0.1) is 11.3 Å². The van der Waals surface area contributed by atoms with Gasteiger partial charge in [0.1, 0.15) is 5.54 Å². The van der Waals surface area contributed by atoms with Crippen molar-refractivity contribution in [3.8, 4) is 17.3 Å². The van der Waals surface area contributed by atoms with Crippen molar-refractivity contribution >= 4 is 28.2 Å². The van der Waals surface area contributed by atoms with Crippen LogP contribution in [-0.2, 0) is 5.54 Å². The molecule has 0 saturated carbocycles. The fourth-order valence-electron chi connectivity index (χ4n) is 4.38. The minimum atomic E-state index is -0.723. The number of piperazine rings is 1. The van der Waals surface area contributed by atoms with Gasteiger partial charge in [0.05, 0.1) is 17.3 Å². The van der Waals surface area contributed by atoms with Crippen LogP contribution in [-0.4, -0.2) is 57.4 Å². The van der Waals surface area contributed by atoms with Crippen LogP contribution in [0.5, 0.6) is 0 Å². The Bertz CT molecular complexity index is 1380. The van der Waals surface area contributed by atoms with Crippen molar-refractivity contribution < 1.29 is 0 Å². The number of nitrogens with zero attached hydrogens (tertiary/aromatic N) is 7. The van der Waals surface area contributed by atoms with E-state index in [4.69, 9.17) is 4.98 Å². The van der Waals surface area contributed by atoms with Crippen molar-refractivity contribution in [1.29, 1.82) is 5.26 Å². The maximum atomic E-state index is 9.46. The number of likely N-dealkylation sites (N-methyl/N-ethyl adjacent to an activating group) is 1. The Morgan fingerprint density at radius 2 is 1.86 bits per heavy atom. The Hall–Kier alpha value is -3.96. The topological polar surface area (TPSA) is 85.9 Å². The van der Waals surface area contributed by atoms with Gasteiger partial charge in [0.25, 0.3) is 0 Å². The Kier molecular flexibility index (Phi) is 6.10. The first kappa shape index (κ1) is 22.8. The van der Waals surface area contributed by atoms with E-state index in [9.17, 15) is 5.26 Å². The molecule has 0 unspecified atom stereocenters. The lowest BCUT2D eigenvalue weighted by Gasteiger charge is -2.35. The molecule has 2 aromatic carbocycles. The van der Waals surface area contributed by atoms with Crippen molar-refractivity contribution in [2.75, 3.05) is 42.9 Å². The van der Waals surface area contributed by atoms with E-state index in [-0.39, 0.29) is 0 Å². The number of fused-ring (bicyclic) bond motifs is 1. The van der Waals surface area contributed by atoms with Gasteiger partial charge < -0.3 is 15.1 Å². The first-order valence-electron chi connectivity index (χ1n) is 12.0. The fraction of sp³-hybridized carbons (Fsp3) is 0.333. The molecule has 35 heavy (non-hydrogen) atoms. The van der Waals surface area contributed by atoms with Gasteiger partial charge in [0, 0.05) is 60.9 Å². The average Bonchev–Trinajstić information content (AvgIpc) is 3.40. The number of nitrogens with one attached hydrogen (secondary N) is 1. The predicted octanol–water partition coefficient (Wildman–Crippen LogP) is 4.64. The van der Waals surface area contributed by atoms with Crippen LogP contribution >= 0.6 is 0 Å². The van der Waals surface area contributed by atoms with Crippen molar-refractivity contribution in [3.05, 3.63) is 60.9 Å². The van der Waals surface area contributed by atoms with E-state index in [1.165, 1.54) is 5.69 Å². The Balaban J connectivity index is 1.42. The number of anilines is 3. The monoisotopic (exact) mass is 466 g/mol. The number of nitriles is 1. The van der Waals surface area contributed by atoms with Crippen molar-refractivity contribution in [3.63, 3.8) is 0 Å². The van der Waals surface area contributed by atoms with Gasteiger partial charge in [-0.25, -0.2) is 9.97 Å². The summed E-state index contributed by atoms with van der Waals surface area (Å²) in [5.41, 5.74) is 3.94. The number of benzene rings is 2. The first-order chi connectivity index (χ1) is 17.0. The molecule has 0 atom stereocenters. The van der Waals surface area contributed by atoms with Gasteiger partial charge in [-0.05, 0) is 44.7 Å². The molecule has 0 radical (unpaired) electrons. The molecule has 8 heteroatoms. The Morgan fingerprint density at radius 1 is 1.06 bits per heavy atom. The van der Waals surface area contributed by atoms with Gasteiger partial charge in [-0.1, -0.05) is 31.2 Å². The molecule has 1 aliphatic heterocycles.